The summed E-state index contributed by atoms with van der Waals surface area (Å²) in [6.45, 7) is 2.23. The highest BCUT2D eigenvalue weighted by atomic mass is 79.9. The highest BCUT2D eigenvalue weighted by molar-refractivity contribution is 9.10. The molecule has 1 aromatic rings. The summed E-state index contributed by atoms with van der Waals surface area (Å²) in [4.78, 5) is 49.9. The standard InChI is InChI=1S/C15H15BrN2O5/c1-15(2,14(22)23)17(3)11(19)7-18-12(20)9-5-4-8(16)6-10(9)13(18)21/h4-6H,7H2,1-3H3,(H,22,23). The van der Waals surface area contributed by atoms with Crippen LogP contribution in [0.5, 0.6) is 0 Å². The van der Waals surface area contributed by atoms with Crippen molar-refractivity contribution in [2.75, 3.05) is 13.6 Å². The van der Waals surface area contributed by atoms with Crippen molar-refractivity contribution >= 4 is 39.6 Å². The van der Waals surface area contributed by atoms with Gasteiger partial charge in [-0.05, 0) is 32.0 Å². The maximum Gasteiger partial charge on any atom is 0.329 e. The van der Waals surface area contributed by atoms with Crippen molar-refractivity contribution in [3.05, 3.63) is 33.8 Å². The summed E-state index contributed by atoms with van der Waals surface area (Å²) in [5, 5.41) is 9.15. The van der Waals surface area contributed by atoms with Gasteiger partial charge in [0.25, 0.3) is 11.8 Å². The Balaban J connectivity index is 2.22. The molecule has 122 valence electrons. The summed E-state index contributed by atoms with van der Waals surface area (Å²) in [5.41, 5.74) is -0.998. The predicted molar refractivity (Wildman–Crippen MR) is 84.0 cm³/mol. The maximum atomic E-state index is 12.3. The first-order chi connectivity index (χ1) is 10.6. The second-order valence-corrected chi connectivity index (χ2v) is 6.62. The summed E-state index contributed by atoms with van der Waals surface area (Å²) in [5.74, 6) is -2.95. The Hall–Kier alpha value is -2.22. The minimum absolute atomic E-state index is 0.220. The van der Waals surface area contributed by atoms with Crippen LogP contribution in [0.3, 0.4) is 0 Å². The smallest absolute Gasteiger partial charge is 0.329 e. The minimum atomic E-state index is -1.45. The molecule has 1 N–H and O–H groups in total. The van der Waals surface area contributed by atoms with Crippen LogP contribution in [-0.4, -0.2) is 57.7 Å². The van der Waals surface area contributed by atoms with Crippen molar-refractivity contribution in [1.29, 1.82) is 0 Å². The highest BCUT2D eigenvalue weighted by Crippen LogP contribution is 2.26. The topological polar surface area (TPSA) is 95.0 Å². The summed E-state index contributed by atoms with van der Waals surface area (Å²) in [6.07, 6.45) is 0. The molecular formula is C15H15BrN2O5. The lowest BCUT2D eigenvalue weighted by atomic mass is 10.0. The predicted octanol–water partition coefficient (Wildman–Crippen LogP) is 1.37. The molecule has 1 heterocycles. The Morgan fingerprint density at radius 2 is 1.78 bits per heavy atom. The zero-order chi connectivity index (χ0) is 17.5. The average Bonchev–Trinajstić information content (AvgIpc) is 2.70. The SMILES string of the molecule is CN(C(=O)CN1C(=O)c2ccc(Br)cc2C1=O)C(C)(C)C(=O)O. The van der Waals surface area contributed by atoms with Crippen molar-refractivity contribution < 1.29 is 24.3 Å². The molecule has 0 saturated carbocycles. The number of carboxylic acids is 1. The Morgan fingerprint density at radius 1 is 1.22 bits per heavy atom. The number of carbonyl (C=O) groups is 4. The summed E-state index contributed by atoms with van der Waals surface area (Å²) in [7, 11) is 1.32. The maximum absolute atomic E-state index is 12.3. The molecule has 0 aromatic heterocycles. The van der Waals surface area contributed by atoms with Gasteiger partial charge in [0.1, 0.15) is 12.1 Å². The molecule has 0 saturated heterocycles. The highest BCUT2D eigenvalue weighted by Gasteiger charge is 2.40. The molecular weight excluding hydrogens is 368 g/mol. The number of imide groups is 1. The number of carboxylic acid groups (broad SMARTS) is 1. The van der Waals surface area contributed by atoms with E-state index >= 15 is 0 Å². The third-order valence-electron chi connectivity index (χ3n) is 3.96. The lowest BCUT2D eigenvalue weighted by Crippen LogP contribution is -2.53. The van der Waals surface area contributed by atoms with Crippen LogP contribution in [0, 0.1) is 0 Å². The van der Waals surface area contributed by atoms with Gasteiger partial charge in [0.2, 0.25) is 5.91 Å². The number of benzene rings is 1. The lowest BCUT2D eigenvalue weighted by Gasteiger charge is -2.32. The number of likely N-dealkylation sites (N-methyl/N-ethyl adjacent to an activating group) is 1. The zero-order valence-corrected chi connectivity index (χ0v) is 14.4. The second-order valence-electron chi connectivity index (χ2n) is 5.70. The second kappa shape index (κ2) is 5.77. The Labute approximate surface area is 141 Å². The van der Waals surface area contributed by atoms with Crippen LogP contribution in [0.25, 0.3) is 0 Å². The van der Waals surface area contributed by atoms with Crippen molar-refractivity contribution in [1.82, 2.24) is 9.80 Å². The average molecular weight is 383 g/mol. The first-order valence-electron chi connectivity index (χ1n) is 6.73. The molecule has 0 spiro atoms. The molecule has 8 heteroatoms. The Bertz CT molecular complexity index is 729. The molecule has 23 heavy (non-hydrogen) atoms. The van der Waals surface area contributed by atoms with Gasteiger partial charge in [-0.2, -0.15) is 0 Å². The normalized spacial score (nSPS) is 14.0. The van der Waals surface area contributed by atoms with Crippen LogP contribution in [-0.2, 0) is 9.59 Å². The van der Waals surface area contributed by atoms with Crippen molar-refractivity contribution in [3.8, 4) is 0 Å². The van der Waals surface area contributed by atoms with E-state index in [-0.39, 0.29) is 11.1 Å². The monoisotopic (exact) mass is 382 g/mol. The van der Waals surface area contributed by atoms with Gasteiger partial charge in [0, 0.05) is 11.5 Å². The van der Waals surface area contributed by atoms with E-state index in [4.69, 9.17) is 5.11 Å². The van der Waals surface area contributed by atoms with Crippen LogP contribution >= 0.6 is 15.9 Å². The summed E-state index contributed by atoms with van der Waals surface area (Å²) >= 11 is 3.23. The van der Waals surface area contributed by atoms with E-state index in [1.54, 1.807) is 6.07 Å². The van der Waals surface area contributed by atoms with Gasteiger partial charge in [-0.25, -0.2) is 4.79 Å². The van der Waals surface area contributed by atoms with Crippen LogP contribution in [0.4, 0.5) is 0 Å². The molecule has 7 nitrogen and oxygen atoms in total. The summed E-state index contributed by atoms with van der Waals surface area (Å²) < 4.78 is 0.648. The molecule has 0 unspecified atom stereocenters. The van der Waals surface area contributed by atoms with E-state index in [0.29, 0.717) is 4.47 Å². The number of rotatable bonds is 4. The molecule has 0 fully saturated rings. The summed E-state index contributed by atoms with van der Waals surface area (Å²) in [6, 6.07) is 4.66. The minimum Gasteiger partial charge on any atom is -0.480 e. The van der Waals surface area contributed by atoms with Crippen molar-refractivity contribution in [2.45, 2.75) is 19.4 Å². The molecule has 0 atom stereocenters. The number of aliphatic carboxylic acids is 1. The van der Waals surface area contributed by atoms with Crippen LogP contribution in [0.1, 0.15) is 34.6 Å². The number of carbonyl (C=O) groups excluding carboxylic acids is 3. The van der Waals surface area contributed by atoms with E-state index in [0.717, 1.165) is 9.80 Å². The van der Waals surface area contributed by atoms with Crippen molar-refractivity contribution in [2.24, 2.45) is 0 Å². The van der Waals surface area contributed by atoms with Gasteiger partial charge in [0.05, 0.1) is 11.1 Å². The van der Waals surface area contributed by atoms with Gasteiger partial charge >= 0.3 is 5.97 Å². The molecule has 1 aliphatic rings. The van der Waals surface area contributed by atoms with Gasteiger partial charge in [-0.1, -0.05) is 15.9 Å². The third-order valence-corrected chi connectivity index (χ3v) is 4.46. The molecule has 1 aliphatic heterocycles. The van der Waals surface area contributed by atoms with Gasteiger partial charge in [-0.3, -0.25) is 19.3 Å². The van der Waals surface area contributed by atoms with Gasteiger partial charge in [-0.15, -0.1) is 0 Å². The Kier molecular flexibility index (Phi) is 4.30. The van der Waals surface area contributed by atoms with E-state index < -0.39 is 35.8 Å². The largest absolute Gasteiger partial charge is 0.480 e. The van der Waals surface area contributed by atoms with Gasteiger partial charge in [0.15, 0.2) is 0 Å². The molecule has 3 amide bonds. The zero-order valence-electron chi connectivity index (χ0n) is 12.8. The number of hydrogen-bond acceptors (Lipinski definition) is 4. The van der Waals surface area contributed by atoms with E-state index in [1.807, 2.05) is 0 Å². The van der Waals surface area contributed by atoms with E-state index in [1.165, 1.54) is 33.0 Å². The quantitative estimate of drug-likeness (QED) is 0.793. The first-order valence-corrected chi connectivity index (χ1v) is 7.52. The Morgan fingerprint density at radius 3 is 2.35 bits per heavy atom. The number of amides is 3. The van der Waals surface area contributed by atoms with E-state index in [9.17, 15) is 19.2 Å². The van der Waals surface area contributed by atoms with Gasteiger partial charge < -0.3 is 10.0 Å². The molecule has 0 bridgehead atoms. The van der Waals surface area contributed by atoms with Crippen molar-refractivity contribution in [3.63, 3.8) is 0 Å². The molecule has 0 radical (unpaired) electrons. The van der Waals surface area contributed by atoms with E-state index in [2.05, 4.69) is 15.9 Å². The van der Waals surface area contributed by atoms with Crippen LogP contribution in [0.15, 0.2) is 22.7 Å². The third kappa shape index (κ3) is 2.86. The number of nitrogens with zero attached hydrogens (tertiary/aromatic N) is 2. The first kappa shape index (κ1) is 17.1. The van der Waals surface area contributed by atoms with Crippen LogP contribution < -0.4 is 0 Å². The fourth-order valence-corrected chi connectivity index (χ4v) is 2.46. The number of halogens is 1. The number of hydrogen-bond donors (Lipinski definition) is 1. The molecule has 0 aliphatic carbocycles. The lowest BCUT2D eigenvalue weighted by molar-refractivity contribution is -0.155. The fourth-order valence-electron chi connectivity index (χ4n) is 2.10. The van der Waals surface area contributed by atoms with Crippen LogP contribution in [0.2, 0.25) is 0 Å². The fraction of sp³-hybridized carbons (Fsp3) is 0.333. The number of fused-ring (bicyclic) bond motifs is 1. The molecule has 2 rings (SSSR count). The molecule has 1 aromatic carbocycles.